The SMILES string of the molecule is CCCC1CN(C2CCCC2)C(C)(C)CN1. The van der Waals surface area contributed by atoms with Gasteiger partial charge in [0.15, 0.2) is 0 Å². The molecule has 2 heteroatoms. The molecular weight excluding hydrogens is 196 g/mol. The van der Waals surface area contributed by atoms with E-state index in [0.29, 0.717) is 5.54 Å². The lowest BCUT2D eigenvalue weighted by Crippen LogP contribution is -2.64. The lowest BCUT2D eigenvalue weighted by molar-refractivity contribution is 0.0253. The van der Waals surface area contributed by atoms with Crippen LogP contribution in [-0.4, -0.2) is 35.6 Å². The molecule has 2 rings (SSSR count). The highest BCUT2D eigenvalue weighted by molar-refractivity contribution is 4.96. The van der Waals surface area contributed by atoms with Gasteiger partial charge >= 0.3 is 0 Å². The van der Waals surface area contributed by atoms with Crippen LogP contribution in [0.3, 0.4) is 0 Å². The van der Waals surface area contributed by atoms with Crippen LogP contribution in [0, 0.1) is 0 Å². The van der Waals surface area contributed by atoms with Crippen LogP contribution < -0.4 is 5.32 Å². The molecule has 0 spiro atoms. The third-order valence-electron chi connectivity index (χ3n) is 4.42. The van der Waals surface area contributed by atoms with E-state index in [2.05, 4.69) is 31.0 Å². The van der Waals surface area contributed by atoms with Crippen LogP contribution in [0.25, 0.3) is 0 Å². The van der Waals surface area contributed by atoms with Crippen molar-refractivity contribution in [3.8, 4) is 0 Å². The molecule has 0 amide bonds. The molecule has 1 heterocycles. The van der Waals surface area contributed by atoms with Crippen molar-refractivity contribution >= 4 is 0 Å². The average Bonchev–Trinajstić information content (AvgIpc) is 2.74. The van der Waals surface area contributed by atoms with Gasteiger partial charge in [0.05, 0.1) is 0 Å². The molecule has 0 aromatic heterocycles. The van der Waals surface area contributed by atoms with Crippen molar-refractivity contribution in [2.75, 3.05) is 13.1 Å². The molecule has 16 heavy (non-hydrogen) atoms. The van der Waals surface area contributed by atoms with Gasteiger partial charge in [0.1, 0.15) is 0 Å². The second kappa shape index (κ2) is 5.05. The summed E-state index contributed by atoms with van der Waals surface area (Å²) in [5, 5.41) is 3.72. The van der Waals surface area contributed by atoms with Gasteiger partial charge in [-0.05, 0) is 33.1 Å². The summed E-state index contributed by atoms with van der Waals surface area (Å²) in [4.78, 5) is 2.80. The summed E-state index contributed by atoms with van der Waals surface area (Å²) >= 11 is 0. The van der Waals surface area contributed by atoms with E-state index >= 15 is 0 Å². The zero-order chi connectivity index (χ0) is 11.6. The fraction of sp³-hybridized carbons (Fsp3) is 1.00. The number of piperazine rings is 1. The Morgan fingerprint density at radius 3 is 2.56 bits per heavy atom. The van der Waals surface area contributed by atoms with Crippen LogP contribution in [0.2, 0.25) is 0 Å². The topological polar surface area (TPSA) is 15.3 Å². The van der Waals surface area contributed by atoms with Crippen LogP contribution in [0.1, 0.15) is 59.3 Å². The molecule has 1 N–H and O–H groups in total. The summed E-state index contributed by atoms with van der Waals surface area (Å²) < 4.78 is 0. The molecule has 94 valence electrons. The van der Waals surface area contributed by atoms with Crippen molar-refractivity contribution in [1.82, 2.24) is 10.2 Å². The predicted octanol–water partition coefficient (Wildman–Crippen LogP) is 2.78. The molecule has 2 aliphatic rings. The Morgan fingerprint density at radius 2 is 1.94 bits per heavy atom. The third kappa shape index (κ3) is 2.60. The van der Waals surface area contributed by atoms with Crippen molar-refractivity contribution in [2.24, 2.45) is 0 Å². The molecule has 2 nitrogen and oxygen atoms in total. The molecule has 0 radical (unpaired) electrons. The van der Waals surface area contributed by atoms with E-state index in [4.69, 9.17) is 0 Å². The first-order valence-corrected chi connectivity index (χ1v) is 7.13. The molecule has 0 aromatic rings. The Kier molecular flexibility index (Phi) is 3.91. The van der Waals surface area contributed by atoms with Gasteiger partial charge in [0.2, 0.25) is 0 Å². The van der Waals surface area contributed by atoms with Crippen molar-refractivity contribution in [1.29, 1.82) is 0 Å². The summed E-state index contributed by atoms with van der Waals surface area (Å²) in [7, 11) is 0. The molecule has 1 aliphatic carbocycles. The summed E-state index contributed by atoms with van der Waals surface area (Å²) in [6.45, 7) is 9.53. The van der Waals surface area contributed by atoms with Gasteiger partial charge < -0.3 is 5.32 Å². The van der Waals surface area contributed by atoms with Gasteiger partial charge in [-0.2, -0.15) is 0 Å². The minimum Gasteiger partial charge on any atom is -0.311 e. The maximum Gasteiger partial charge on any atom is 0.0281 e. The zero-order valence-electron chi connectivity index (χ0n) is 11.3. The van der Waals surface area contributed by atoms with E-state index in [0.717, 1.165) is 18.6 Å². The van der Waals surface area contributed by atoms with Crippen LogP contribution in [-0.2, 0) is 0 Å². The van der Waals surface area contributed by atoms with Gasteiger partial charge in [-0.25, -0.2) is 0 Å². The molecule has 0 bridgehead atoms. The zero-order valence-corrected chi connectivity index (χ0v) is 11.3. The Labute approximate surface area is 101 Å². The Morgan fingerprint density at radius 1 is 1.25 bits per heavy atom. The maximum atomic E-state index is 3.72. The van der Waals surface area contributed by atoms with Crippen LogP contribution in [0.5, 0.6) is 0 Å². The molecular formula is C14H28N2. The summed E-state index contributed by atoms with van der Waals surface area (Å²) in [5.41, 5.74) is 0.360. The van der Waals surface area contributed by atoms with Crippen molar-refractivity contribution < 1.29 is 0 Å². The lowest BCUT2D eigenvalue weighted by atomic mass is 9.93. The van der Waals surface area contributed by atoms with Crippen LogP contribution in [0.15, 0.2) is 0 Å². The highest BCUT2D eigenvalue weighted by Gasteiger charge is 2.38. The fourth-order valence-corrected chi connectivity index (χ4v) is 3.45. The first-order chi connectivity index (χ1) is 7.63. The number of nitrogens with one attached hydrogen (secondary N) is 1. The van der Waals surface area contributed by atoms with E-state index in [1.807, 2.05) is 0 Å². The van der Waals surface area contributed by atoms with Gasteiger partial charge in [0, 0.05) is 30.7 Å². The predicted molar refractivity (Wildman–Crippen MR) is 69.7 cm³/mol. The van der Waals surface area contributed by atoms with Crippen LogP contribution >= 0.6 is 0 Å². The number of hydrogen-bond acceptors (Lipinski definition) is 2. The highest BCUT2D eigenvalue weighted by atomic mass is 15.3. The molecule has 1 aliphatic heterocycles. The van der Waals surface area contributed by atoms with Gasteiger partial charge in [-0.3, -0.25) is 4.90 Å². The molecule has 0 aromatic carbocycles. The molecule has 1 saturated heterocycles. The molecule has 1 unspecified atom stereocenters. The van der Waals surface area contributed by atoms with E-state index in [1.165, 1.54) is 45.1 Å². The summed E-state index contributed by atoms with van der Waals surface area (Å²) in [6, 6.07) is 1.61. The Hall–Kier alpha value is -0.0800. The highest BCUT2D eigenvalue weighted by Crippen LogP contribution is 2.31. The second-order valence-corrected chi connectivity index (χ2v) is 6.27. The quantitative estimate of drug-likeness (QED) is 0.793. The summed E-state index contributed by atoms with van der Waals surface area (Å²) in [6.07, 6.45) is 8.40. The Bertz CT molecular complexity index is 219. The maximum absolute atomic E-state index is 3.72. The lowest BCUT2D eigenvalue weighted by Gasteiger charge is -2.49. The minimum atomic E-state index is 0.360. The fourth-order valence-electron chi connectivity index (χ4n) is 3.45. The normalized spacial score (nSPS) is 32.1. The monoisotopic (exact) mass is 224 g/mol. The molecule has 1 atom stereocenters. The second-order valence-electron chi connectivity index (χ2n) is 6.27. The van der Waals surface area contributed by atoms with Crippen molar-refractivity contribution in [3.05, 3.63) is 0 Å². The van der Waals surface area contributed by atoms with Gasteiger partial charge in [-0.1, -0.05) is 26.2 Å². The molecule has 2 fully saturated rings. The standard InChI is InChI=1S/C14H28N2/c1-4-7-12-10-16(13-8-5-6-9-13)14(2,3)11-15-12/h12-13,15H,4-11H2,1-3H3. The Balaban J connectivity index is 1.99. The smallest absolute Gasteiger partial charge is 0.0281 e. The van der Waals surface area contributed by atoms with Crippen molar-refractivity contribution in [2.45, 2.75) is 76.9 Å². The van der Waals surface area contributed by atoms with E-state index < -0.39 is 0 Å². The van der Waals surface area contributed by atoms with E-state index in [1.54, 1.807) is 0 Å². The van der Waals surface area contributed by atoms with Gasteiger partial charge in [0.25, 0.3) is 0 Å². The third-order valence-corrected chi connectivity index (χ3v) is 4.42. The number of rotatable bonds is 3. The van der Waals surface area contributed by atoms with E-state index in [9.17, 15) is 0 Å². The van der Waals surface area contributed by atoms with Crippen LogP contribution in [0.4, 0.5) is 0 Å². The number of nitrogens with zero attached hydrogens (tertiary/aromatic N) is 1. The summed E-state index contributed by atoms with van der Waals surface area (Å²) in [5.74, 6) is 0. The first kappa shape index (κ1) is 12.4. The first-order valence-electron chi connectivity index (χ1n) is 7.13. The largest absolute Gasteiger partial charge is 0.311 e. The van der Waals surface area contributed by atoms with E-state index in [-0.39, 0.29) is 0 Å². The van der Waals surface area contributed by atoms with Crippen molar-refractivity contribution in [3.63, 3.8) is 0 Å². The van der Waals surface area contributed by atoms with Gasteiger partial charge in [-0.15, -0.1) is 0 Å². The minimum absolute atomic E-state index is 0.360. The molecule has 1 saturated carbocycles. The number of hydrogen-bond donors (Lipinski definition) is 1. The average molecular weight is 224 g/mol.